The summed E-state index contributed by atoms with van der Waals surface area (Å²) in [6.07, 6.45) is 0. The minimum atomic E-state index is -0.577. The van der Waals surface area contributed by atoms with E-state index in [1.807, 2.05) is 42.5 Å². The molecule has 3 aromatic carbocycles. The number of aromatic nitrogens is 2. The molecule has 2 heterocycles. The van der Waals surface area contributed by atoms with Crippen molar-refractivity contribution in [3.05, 3.63) is 82.4 Å². The predicted octanol–water partition coefficient (Wildman–Crippen LogP) is 4.24. The Kier molecular flexibility index (Phi) is 6.19. The normalized spacial score (nSPS) is 13.4. The number of fused-ring (bicyclic) bond motifs is 1. The van der Waals surface area contributed by atoms with E-state index in [1.165, 1.54) is 0 Å². The maximum Gasteiger partial charge on any atom is 0.274 e. The standard InChI is InChI=1S/C26H21ClN4O3/c27-21-8-5-17(6-9-21)4-7-18-15-22-23(16-24(18)31-10-12-34-13-11-31)29-25(28-22)19-2-1-3-20(14-19)26(32)30-33/h1-3,5-6,8-9,14-16,33H,10-13H2,(H,28,29)(H,30,32). The van der Waals surface area contributed by atoms with E-state index in [4.69, 9.17) is 26.5 Å². The van der Waals surface area contributed by atoms with Gasteiger partial charge in [0.05, 0.1) is 35.5 Å². The van der Waals surface area contributed by atoms with Gasteiger partial charge in [-0.15, -0.1) is 0 Å². The van der Waals surface area contributed by atoms with Crippen molar-refractivity contribution in [2.75, 3.05) is 31.2 Å². The number of hydrogen-bond donors (Lipinski definition) is 3. The second-order valence-electron chi connectivity index (χ2n) is 7.85. The smallest absolute Gasteiger partial charge is 0.274 e. The Labute approximate surface area is 201 Å². The molecular weight excluding hydrogens is 452 g/mol. The van der Waals surface area contributed by atoms with Crippen LogP contribution in [0.15, 0.2) is 60.7 Å². The van der Waals surface area contributed by atoms with Gasteiger partial charge in [0.25, 0.3) is 5.91 Å². The van der Waals surface area contributed by atoms with Gasteiger partial charge in [0.1, 0.15) is 5.82 Å². The first-order chi connectivity index (χ1) is 16.6. The number of nitrogens with zero attached hydrogens (tertiary/aromatic N) is 2. The number of aromatic amines is 1. The molecule has 5 rings (SSSR count). The quantitative estimate of drug-likeness (QED) is 0.236. The van der Waals surface area contributed by atoms with Crippen LogP contribution in [0.1, 0.15) is 21.5 Å². The Morgan fingerprint density at radius 3 is 2.65 bits per heavy atom. The minimum absolute atomic E-state index is 0.337. The Morgan fingerprint density at radius 2 is 1.88 bits per heavy atom. The topological polar surface area (TPSA) is 90.5 Å². The van der Waals surface area contributed by atoms with Crippen molar-refractivity contribution in [3.63, 3.8) is 0 Å². The summed E-state index contributed by atoms with van der Waals surface area (Å²) >= 11 is 6.00. The zero-order chi connectivity index (χ0) is 23.5. The molecule has 3 N–H and O–H groups in total. The number of halogens is 1. The van der Waals surface area contributed by atoms with Crippen molar-refractivity contribution in [2.45, 2.75) is 0 Å². The van der Waals surface area contributed by atoms with Crippen LogP contribution in [0.4, 0.5) is 5.69 Å². The Balaban J connectivity index is 1.58. The van der Waals surface area contributed by atoms with Crippen LogP contribution in [-0.4, -0.2) is 47.4 Å². The number of anilines is 1. The monoisotopic (exact) mass is 472 g/mol. The van der Waals surface area contributed by atoms with Crippen LogP contribution in [0.5, 0.6) is 0 Å². The maximum absolute atomic E-state index is 11.8. The molecule has 1 aliphatic heterocycles. The van der Waals surface area contributed by atoms with E-state index in [0.717, 1.165) is 46.5 Å². The summed E-state index contributed by atoms with van der Waals surface area (Å²) in [5, 5.41) is 9.61. The fourth-order valence-corrected chi connectivity index (χ4v) is 4.02. The minimum Gasteiger partial charge on any atom is -0.378 e. The number of hydrogen-bond acceptors (Lipinski definition) is 5. The van der Waals surface area contributed by atoms with Crippen LogP contribution in [0.25, 0.3) is 22.4 Å². The first-order valence-electron chi connectivity index (χ1n) is 10.8. The third-order valence-corrected chi connectivity index (χ3v) is 5.89. The van der Waals surface area contributed by atoms with Gasteiger partial charge in [-0.1, -0.05) is 35.6 Å². The lowest BCUT2D eigenvalue weighted by atomic mass is 10.1. The summed E-state index contributed by atoms with van der Waals surface area (Å²) in [6, 6.07) is 18.4. The van der Waals surface area contributed by atoms with E-state index in [2.05, 4.69) is 21.7 Å². The first-order valence-corrected chi connectivity index (χ1v) is 11.2. The van der Waals surface area contributed by atoms with Gasteiger partial charge in [-0.2, -0.15) is 0 Å². The fraction of sp³-hybridized carbons (Fsp3) is 0.154. The number of carbonyl (C=O) groups is 1. The molecule has 1 aliphatic rings. The van der Waals surface area contributed by atoms with Gasteiger partial charge < -0.3 is 14.6 Å². The zero-order valence-electron chi connectivity index (χ0n) is 18.1. The molecule has 0 radical (unpaired) electrons. The summed E-state index contributed by atoms with van der Waals surface area (Å²) in [5.41, 5.74) is 7.13. The van der Waals surface area contributed by atoms with Gasteiger partial charge in [0, 0.05) is 34.8 Å². The van der Waals surface area contributed by atoms with Crippen molar-refractivity contribution in [1.82, 2.24) is 15.4 Å². The number of morpholine rings is 1. The van der Waals surface area contributed by atoms with Crippen LogP contribution in [0, 0.1) is 11.8 Å². The van der Waals surface area contributed by atoms with Crippen molar-refractivity contribution >= 4 is 34.2 Å². The predicted molar refractivity (Wildman–Crippen MR) is 131 cm³/mol. The lowest BCUT2D eigenvalue weighted by molar-refractivity contribution is 0.0706. The lowest BCUT2D eigenvalue weighted by Crippen LogP contribution is -2.36. The second kappa shape index (κ2) is 9.57. The van der Waals surface area contributed by atoms with Crippen LogP contribution in [-0.2, 0) is 4.74 Å². The van der Waals surface area contributed by atoms with Crippen LogP contribution < -0.4 is 10.4 Å². The molecule has 1 saturated heterocycles. The number of ether oxygens (including phenoxy) is 1. The third-order valence-electron chi connectivity index (χ3n) is 5.64. The van der Waals surface area contributed by atoms with E-state index in [-0.39, 0.29) is 0 Å². The second-order valence-corrected chi connectivity index (χ2v) is 8.29. The fourth-order valence-electron chi connectivity index (χ4n) is 3.89. The van der Waals surface area contributed by atoms with Crippen LogP contribution >= 0.6 is 11.6 Å². The SMILES string of the molecule is O=C(NO)c1cccc(-c2nc3cc(N4CCOCC4)c(C#Cc4ccc(Cl)cc4)cc3[nH]2)c1. The van der Waals surface area contributed by atoms with E-state index >= 15 is 0 Å². The molecule has 34 heavy (non-hydrogen) atoms. The number of nitrogens with one attached hydrogen (secondary N) is 2. The molecule has 170 valence electrons. The molecule has 0 saturated carbocycles. The number of imidazole rings is 1. The molecule has 1 aromatic heterocycles. The van der Waals surface area contributed by atoms with Crippen molar-refractivity contribution in [1.29, 1.82) is 0 Å². The number of amides is 1. The van der Waals surface area contributed by atoms with Crippen molar-refractivity contribution in [3.8, 4) is 23.2 Å². The lowest BCUT2D eigenvalue weighted by Gasteiger charge is -2.29. The van der Waals surface area contributed by atoms with Gasteiger partial charge in [-0.25, -0.2) is 10.5 Å². The van der Waals surface area contributed by atoms with E-state index in [9.17, 15) is 4.79 Å². The highest BCUT2D eigenvalue weighted by Crippen LogP contribution is 2.29. The third kappa shape index (κ3) is 4.61. The molecule has 0 spiro atoms. The molecule has 7 nitrogen and oxygen atoms in total. The summed E-state index contributed by atoms with van der Waals surface area (Å²) in [4.78, 5) is 22.2. The molecule has 4 aromatic rings. The van der Waals surface area contributed by atoms with Gasteiger partial charge in [0.2, 0.25) is 0 Å². The number of benzene rings is 3. The maximum atomic E-state index is 11.8. The van der Waals surface area contributed by atoms with E-state index in [1.54, 1.807) is 23.7 Å². The molecule has 1 fully saturated rings. The Morgan fingerprint density at radius 1 is 1.09 bits per heavy atom. The van der Waals surface area contributed by atoms with Crippen molar-refractivity contribution in [2.24, 2.45) is 0 Å². The van der Waals surface area contributed by atoms with Gasteiger partial charge in [-0.3, -0.25) is 10.0 Å². The summed E-state index contributed by atoms with van der Waals surface area (Å²) in [5.74, 6) is 6.59. The highest BCUT2D eigenvalue weighted by molar-refractivity contribution is 6.30. The summed E-state index contributed by atoms with van der Waals surface area (Å²) in [7, 11) is 0. The number of hydroxylamine groups is 1. The molecule has 0 aliphatic carbocycles. The van der Waals surface area contributed by atoms with E-state index in [0.29, 0.717) is 29.6 Å². The number of rotatable bonds is 3. The summed E-state index contributed by atoms with van der Waals surface area (Å²) in [6.45, 7) is 2.87. The van der Waals surface area contributed by atoms with E-state index < -0.39 is 5.91 Å². The number of carbonyl (C=O) groups excluding carboxylic acids is 1. The molecule has 1 amide bonds. The largest absolute Gasteiger partial charge is 0.378 e. The highest BCUT2D eigenvalue weighted by Gasteiger charge is 2.17. The number of H-pyrrole nitrogens is 1. The molecule has 0 bridgehead atoms. The Bertz CT molecular complexity index is 1410. The summed E-state index contributed by atoms with van der Waals surface area (Å²) < 4.78 is 5.53. The molecular formula is C26H21ClN4O3. The average Bonchev–Trinajstić information content (AvgIpc) is 3.31. The average molecular weight is 473 g/mol. The zero-order valence-corrected chi connectivity index (χ0v) is 18.9. The molecule has 0 unspecified atom stereocenters. The highest BCUT2D eigenvalue weighted by atomic mass is 35.5. The molecule has 0 atom stereocenters. The molecule has 8 heteroatoms. The Hall–Kier alpha value is -3.83. The van der Waals surface area contributed by atoms with Gasteiger partial charge >= 0.3 is 0 Å². The van der Waals surface area contributed by atoms with Crippen LogP contribution in [0.2, 0.25) is 5.02 Å². The van der Waals surface area contributed by atoms with Gasteiger partial charge in [-0.05, 0) is 48.5 Å². The van der Waals surface area contributed by atoms with Crippen LogP contribution in [0.3, 0.4) is 0 Å². The van der Waals surface area contributed by atoms with Crippen molar-refractivity contribution < 1.29 is 14.7 Å². The van der Waals surface area contributed by atoms with Gasteiger partial charge in [0.15, 0.2) is 0 Å². The first kappa shape index (κ1) is 22.0.